The Bertz CT molecular complexity index is 293. The summed E-state index contributed by atoms with van der Waals surface area (Å²) in [6.45, 7) is 3.53. The Morgan fingerprint density at radius 1 is 0.696 bits per heavy atom. The Morgan fingerprint density at radius 3 is 1.17 bits per heavy atom. The van der Waals surface area contributed by atoms with Crippen molar-refractivity contribution in [2.45, 2.75) is 51.4 Å². The zero-order valence-electron chi connectivity index (χ0n) is 13.3. The van der Waals surface area contributed by atoms with Crippen molar-refractivity contribution in [3.63, 3.8) is 0 Å². The standard InChI is InChI=1S/C6H10O4.C6H14O2.C3H4O2/c7-5(8)3-1-2-4-6(9)10;7-5-3-1-2-4-6-8;1-2-3(4)5/h1-4H2,(H,7,8)(H,9,10);7-8H,1-6H2;2H,1H2,(H,4,5). The molecule has 136 valence electrons. The minimum Gasteiger partial charge on any atom is -0.481 e. The fourth-order valence-electron chi connectivity index (χ4n) is 1.13. The van der Waals surface area contributed by atoms with Gasteiger partial charge in [-0.3, -0.25) is 9.59 Å². The number of hydrogen-bond donors (Lipinski definition) is 5. The number of aliphatic hydroxyl groups excluding tert-OH is 2. The molecule has 0 fully saturated rings. The van der Waals surface area contributed by atoms with E-state index in [2.05, 4.69) is 6.58 Å². The number of carbonyl (C=O) groups is 3. The van der Waals surface area contributed by atoms with E-state index in [0.29, 0.717) is 12.8 Å². The van der Waals surface area contributed by atoms with Gasteiger partial charge in [-0.2, -0.15) is 0 Å². The van der Waals surface area contributed by atoms with Gasteiger partial charge in [0.15, 0.2) is 0 Å². The number of carboxylic acid groups (broad SMARTS) is 3. The third kappa shape index (κ3) is 45.0. The van der Waals surface area contributed by atoms with Crippen LogP contribution < -0.4 is 0 Å². The van der Waals surface area contributed by atoms with Gasteiger partial charge in [-0.1, -0.05) is 19.4 Å². The smallest absolute Gasteiger partial charge is 0.327 e. The maximum Gasteiger partial charge on any atom is 0.327 e. The largest absolute Gasteiger partial charge is 0.481 e. The van der Waals surface area contributed by atoms with Crippen molar-refractivity contribution in [3.05, 3.63) is 12.7 Å². The zero-order chi connectivity index (χ0) is 18.5. The number of rotatable bonds is 11. The van der Waals surface area contributed by atoms with Crippen LogP contribution in [0.3, 0.4) is 0 Å². The van der Waals surface area contributed by atoms with E-state index in [9.17, 15) is 14.4 Å². The van der Waals surface area contributed by atoms with Crippen molar-refractivity contribution in [1.82, 2.24) is 0 Å². The average Bonchev–Trinajstić information content (AvgIpc) is 2.49. The lowest BCUT2D eigenvalue weighted by atomic mass is 10.2. The van der Waals surface area contributed by atoms with Crippen molar-refractivity contribution in [2.24, 2.45) is 0 Å². The summed E-state index contributed by atoms with van der Waals surface area (Å²) in [4.78, 5) is 29.0. The second kappa shape index (κ2) is 22.4. The maximum atomic E-state index is 9.90. The molecule has 0 atom stereocenters. The van der Waals surface area contributed by atoms with Crippen LogP contribution in [0.5, 0.6) is 0 Å². The van der Waals surface area contributed by atoms with Crippen LogP contribution in [-0.2, 0) is 14.4 Å². The first-order valence-electron chi connectivity index (χ1n) is 7.32. The van der Waals surface area contributed by atoms with Crippen LogP contribution in [0.25, 0.3) is 0 Å². The van der Waals surface area contributed by atoms with E-state index < -0.39 is 17.9 Å². The van der Waals surface area contributed by atoms with E-state index in [0.717, 1.165) is 31.8 Å². The third-order valence-electron chi connectivity index (χ3n) is 2.27. The van der Waals surface area contributed by atoms with E-state index in [1.54, 1.807) is 0 Å². The van der Waals surface area contributed by atoms with Gasteiger partial charge in [-0.05, 0) is 25.7 Å². The lowest BCUT2D eigenvalue weighted by Crippen LogP contribution is -1.97. The topological polar surface area (TPSA) is 152 Å². The lowest BCUT2D eigenvalue weighted by molar-refractivity contribution is -0.139. The number of carboxylic acids is 3. The quantitative estimate of drug-likeness (QED) is 0.281. The van der Waals surface area contributed by atoms with E-state index in [-0.39, 0.29) is 26.1 Å². The molecule has 0 radical (unpaired) electrons. The second-order valence-corrected chi connectivity index (χ2v) is 4.40. The van der Waals surface area contributed by atoms with Crippen LogP contribution in [0, 0.1) is 0 Å². The Morgan fingerprint density at radius 2 is 1.00 bits per heavy atom. The summed E-state index contributed by atoms with van der Waals surface area (Å²) in [5.41, 5.74) is 0. The van der Waals surface area contributed by atoms with Gasteiger partial charge >= 0.3 is 17.9 Å². The van der Waals surface area contributed by atoms with Gasteiger partial charge in [-0.15, -0.1) is 0 Å². The highest BCUT2D eigenvalue weighted by molar-refractivity contribution is 5.78. The fraction of sp³-hybridized carbons (Fsp3) is 0.667. The van der Waals surface area contributed by atoms with Gasteiger partial charge in [0.05, 0.1) is 0 Å². The third-order valence-corrected chi connectivity index (χ3v) is 2.27. The van der Waals surface area contributed by atoms with E-state index in [1.807, 2.05) is 0 Å². The summed E-state index contributed by atoms with van der Waals surface area (Å²) in [5.74, 6) is -2.72. The molecule has 8 nitrogen and oxygen atoms in total. The maximum absolute atomic E-state index is 9.90. The lowest BCUT2D eigenvalue weighted by Gasteiger charge is -1.93. The summed E-state index contributed by atoms with van der Waals surface area (Å²) in [5, 5.41) is 40.5. The Labute approximate surface area is 136 Å². The summed E-state index contributed by atoms with van der Waals surface area (Å²) >= 11 is 0. The molecular weight excluding hydrogens is 308 g/mol. The Balaban J connectivity index is -0.000000276. The van der Waals surface area contributed by atoms with E-state index in [4.69, 9.17) is 25.5 Å². The summed E-state index contributed by atoms with van der Waals surface area (Å²) in [6.07, 6.45) is 5.68. The van der Waals surface area contributed by atoms with E-state index in [1.165, 1.54) is 0 Å². The Hall–Kier alpha value is -1.93. The first-order valence-corrected chi connectivity index (χ1v) is 7.32. The van der Waals surface area contributed by atoms with E-state index >= 15 is 0 Å². The molecule has 23 heavy (non-hydrogen) atoms. The SMILES string of the molecule is C=CC(=O)O.O=C(O)CCCCC(=O)O.OCCCCCCO. The van der Waals surface area contributed by atoms with Crippen LogP contribution in [0.15, 0.2) is 12.7 Å². The zero-order valence-corrected chi connectivity index (χ0v) is 13.3. The number of aliphatic hydroxyl groups is 2. The number of hydrogen-bond acceptors (Lipinski definition) is 5. The van der Waals surface area contributed by atoms with Crippen molar-refractivity contribution < 1.29 is 39.9 Å². The molecule has 8 heteroatoms. The second-order valence-electron chi connectivity index (χ2n) is 4.40. The molecule has 0 aromatic rings. The molecule has 0 amide bonds. The predicted molar refractivity (Wildman–Crippen MR) is 84.2 cm³/mol. The minimum atomic E-state index is -0.981. The van der Waals surface area contributed by atoms with Crippen molar-refractivity contribution in [2.75, 3.05) is 13.2 Å². The van der Waals surface area contributed by atoms with Crippen molar-refractivity contribution in [3.8, 4) is 0 Å². The van der Waals surface area contributed by atoms with Gasteiger partial charge in [0.1, 0.15) is 0 Å². The molecule has 0 aliphatic carbocycles. The van der Waals surface area contributed by atoms with Gasteiger partial charge in [-0.25, -0.2) is 4.79 Å². The molecule has 0 aromatic carbocycles. The molecule has 0 spiro atoms. The van der Waals surface area contributed by atoms with Crippen LogP contribution in [0.2, 0.25) is 0 Å². The molecule has 0 saturated heterocycles. The molecule has 0 unspecified atom stereocenters. The summed E-state index contributed by atoms with van der Waals surface area (Å²) in [7, 11) is 0. The molecule has 5 N–H and O–H groups in total. The molecule has 0 aliphatic heterocycles. The molecule has 0 saturated carbocycles. The van der Waals surface area contributed by atoms with Gasteiger partial charge < -0.3 is 25.5 Å². The molecule has 0 aromatic heterocycles. The highest BCUT2D eigenvalue weighted by atomic mass is 16.4. The molecular formula is C15H28O8. The van der Waals surface area contributed by atoms with Gasteiger partial charge in [0.25, 0.3) is 0 Å². The highest BCUT2D eigenvalue weighted by Crippen LogP contribution is 1.98. The molecule has 0 heterocycles. The first kappa shape index (κ1) is 26.0. The fourth-order valence-corrected chi connectivity index (χ4v) is 1.13. The van der Waals surface area contributed by atoms with Crippen LogP contribution in [0.1, 0.15) is 51.4 Å². The van der Waals surface area contributed by atoms with Crippen LogP contribution in [-0.4, -0.2) is 56.7 Å². The number of unbranched alkanes of at least 4 members (excludes halogenated alkanes) is 4. The minimum absolute atomic E-state index is 0.0628. The normalized spacial score (nSPS) is 8.78. The Kier molecular flexibility index (Phi) is 25.3. The highest BCUT2D eigenvalue weighted by Gasteiger charge is 1.99. The molecule has 0 bridgehead atoms. The monoisotopic (exact) mass is 336 g/mol. The number of aliphatic carboxylic acids is 3. The summed E-state index contributed by atoms with van der Waals surface area (Å²) in [6, 6.07) is 0. The molecule has 0 aliphatic rings. The molecule has 0 rings (SSSR count). The van der Waals surface area contributed by atoms with Crippen molar-refractivity contribution >= 4 is 17.9 Å². The van der Waals surface area contributed by atoms with Gasteiger partial charge in [0.2, 0.25) is 0 Å². The predicted octanol–water partition coefficient (Wildman–Crippen LogP) is 1.50. The average molecular weight is 336 g/mol. The summed E-state index contributed by atoms with van der Waals surface area (Å²) < 4.78 is 0. The van der Waals surface area contributed by atoms with Crippen LogP contribution >= 0.6 is 0 Å². The van der Waals surface area contributed by atoms with Crippen LogP contribution in [0.4, 0.5) is 0 Å². The van der Waals surface area contributed by atoms with Gasteiger partial charge in [0, 0.05) is 32.1 Å². The first-order chi connectivity index (χ1) is 10.8. The van der Waals surface area contributed by atoms with Crippen molar-refractivity contribution in [1.29, 1.82) is 0 Å².